The van der Waals surface area contributed by atoms with Crippen molar-refractivity contribution in [2.24, 2.45) is 0 Å². The number of anilines is 1. The topological polar surface area (TPSA) is 32.8 Å². The fourth-order valence-electron chi connectivity index (χ4n) is 2.94. The van der Waals surface area contributed by atoms with Crippen LogP contribution in [0.15, 0.2) is 24.3 Å². The van der Waals surface area contributed by atoms with Gasteiger partial charge in [0.15, 0.2) is 0 Å². The highest BCUT2D eigenvalue weighted by atomic mass is 16.6. The quantitative estimate of drug-likeness (QED) is 0.829. The van der Waals surface area contributed by atoms with Crippen molar-refractivity contribution in [2.75, 3.05) is 31.1 Å². The minimum atomic E-state index is -0.210. The summed E-state index contributed by atoms with van der Waals surface area (Å²) < 4.78 is 5.44. The lowest BCUT2D eigenvalue weighted by Gasteiger charge is -2.25. The molecule has 3 rings (SSSR count). The van der Waals surface area contributed by atoms with Crippen molar-refractivity contribution < 1.29 is 9.53 Å². The van der Waals surface area contributed by atoms with Crippen LogP contribution < -0.4 is 9.64 Å². The van der Waals surface area contributed by atoms with Gasteiger partial charge in [0.2, 0.25) is 0 Å². The predicted molar refractivity (Wildman–Crippen MR) is 79.3 cm³/mol. The van der Waals surface area contributed by atoms with Crippen molar-refractivity contribution in [3.05, 3.63) is 24.3 Å². The van der Waals surface area contributed by atoms with Crippen LogP contribution in [0.5, 0.6) is 5.75 Å². The Bertz CT molecular complexity index is 446. The van der Waals surface area contributed by atoms with Crippen LogP contribution in [0.25, 0.3) is 0 Å². The summed E-state index contributed by atoms with van der Waals surface area (Å²) in [7, 11) is 0. The number of piperidine rings is 1. The molecule has 0 spiro atoms. The molecule has 0 N–H and O–H groups in total. The van der Waals surface area contributed by atoms with Crippen LogP contribution in [0.4, 0.5) is 10.5 Å². The molecule has 2 aliphatic heterocycles. The van der Waals surface area contributed by atoms with Gasteiger partial charge in [0, 0.05) is 31.9 Å². The smallest absolute Gasteiger partial charge is 0.410 e. The lowest BCUT2D eigenvalue weighted by Crippen LogP contribution is -2.37. The van der Waals surface area contributed by atoms with Gasteiger partial charge < -0.3 is 14.5 Å². The molecule has 4 nitrogen and oxygen atoms in total. The maximum absolute atomic E-state index is 12.0. The molecule has 4 heteroatoms. The molecule has 1 aromatic carbocycles. The maximum atomic E-state index is 12.0. The summed E-state index contributed by atoms with van der Waals surface area (Å²) in [5, 5.41) is 0. The Balaban J connectivity index is 1.58. The van der Waals surface area contributed by atoms with Gasteiger partial charge in [0.05, 0.1) is 0 Å². The van der Waals surface area contributed by atoms with Crippen molar-refractivity contribution in [2.45, 2.75) is 32.1 Å². The highest BCUT2D eigenvalue weighted by Gasteiger charge is 2.18. The molecule has 108 valence electrons. The number of hydrogen-bond acceptors (Lipinski definition) is 3. The number of rotatable bonds is 2. The molecule has 20 heavy (non-hydrogen) atoms. The molecule has 0 unspecified atom stereocenters. The first-order valence-electron chi connectivity index (χ1n) is 7.65. The molecule has 1 aromatic rings. The van der Waals surface area contributed by atoms with E-state index < -0.39 is 0 Å². The number of carbonyl (C=O) groups excluding carboxylic acids is 1. The number of carbonyl (C=O) groups is 1. The van der Waals surface area contributed by atoms with Gasteiger partial charge in [-0.3, -0.25) is 0 Å². The fourth-order valence-corrected chi connectivity index (χ4v) is 2.94. The SMILES string of the molecule is O=C(Oc1ccc(N2CCCC2)cc1)N1CCCCC1. The van der Waals surface area contributed by atoms with E-state index >= 15 is 0 Å². The van der Waals surface area contributed by atoms with E-state index in [0.29, 0.717) is 5.75 Å². The monoisotopic (exact) mass is 274 g/mol. The van der Waals surface area contributed by atoms with E-state index in [-0.39, 0.29) is 6.09 Å². The van der Waals surface area contributed by atoms with Crippen LogP contribution >= 0.6 is 0 Å². The highest BCUT2D eigenvalue weighted by Crippen LogP contribution is 2.23. The molecular formula is C16H22N2O2. The Morgan fingerprint density at radius 1 is 0.850 bits per heavy atom. The molecule has 2 heterocycles. The average molecular weight is 274 g/mol. The lowest BCUT2D eigenvalue weighted by atomic mass is 10.1. The molecule has 2 fully saturated rings. The van der Waals surface area contributed by atoms with Crippen molar-refractivity contribution in [3.63, 3.8) is 0 Å². The molecule has 0 aromatic heterocycles. The third-order valence-electron chi connectivity index (χ3n) is 4.13. The minimum absolute atomic E-state index is 0.210. The number of benzene rings is 1. The van der Waals surface area contributed by atoms with Crippen LogP contribution in [0.3, 0.4) is 0 Å². The standard InChI is InChI=1S/C16H22N2O2/c19-16(18-12-2-1-3-13-18)20-15-8-6-14(7-9-15)17-10-4-5-11-17/h6-9H,1-5,10-13H2. The highest BCUT2D eigenvalue weighted by molar-refractivity contribution is 5.71. The molecule has 1 amide bonds. The maximum Gasteiger partial charge on any atom is 0.415 e. The van der Waals surface area contributed by atoms with E-state index in [1.165, 1.54) is 24.9 Å². The molecule has 2 saturated heterocycles. The van der Waals surface area contributed by atoms with E-state index in [1.807, 2.05) is 24.3 Å². The van der Waals surface area contributed by atoms with Crippen LogP contribution in [0.1, 0.15) is 32.1 Å². The van der Waals surface area contributed by atoms with Gasteiger partial charge in [-0.15, -0.1) is 0 Å². The second-order valence-electron chi connectivity index (χ2n) is 5.60. The van der Waals surface area contributed by atoms with Crippen LogP contribution in [0, 0.1) is 0 Å². The number of nitrogens with zero attached hydrogens (tertiary/aromatic N) is 2. The molecule has 0 radical (unpaired) electrons. The summed E-state index contributed by atoms with van der Waals surface area (Å²) >= 11 is 0. The van der Waals surface area contributed by atoms with Crippen molar-refractivity contribution >= 4 is 11.8 Å². The summed E-state index contributed by atoms with van der Waals surface area (Å²) in [4.78, 5) is 16.2. The molecule has 0 aliphatic carbocycles. The second-order valence-corrected chi connectivity index (χ2v) is 5.60. The van der Waals surface area contributed by atoms with Crippen LogP contribution in [-0.2, 0) is 0 Å². The number of hydrogen-bond donors (Lipinski definition) is 0. The van der Waals surface area contributed by atoms with Crippen molar-refractivity contribution in [1.82, 2.24) is 4.90 Å². The van der Waals surface area contributed by atoms with Gasteiger partial charge in [0.1, 0.15) is 5.75 Å². The van der Waals surface area contributed by atoms with E-state index in [0.717, 1.165) is 39.0 Å². The van der Waals surface area contributed by atoms with Crippen LogP contribution in [-0.4, -0.2) is 37.2 Å². The third-order valence-corrected chi connectivity index (χ3v) is 4.13. The molecule has 0 atom stereocenters. The Kier molecular flexibility index (Phi) is 4.09. The Labute approximate surface area is 120 Å². The summed E-state index contributed by atoms with van der Waals surface area (Å²) in [6, 6.07) is 7.89. The zero-order chi connectivity index (χ0) is 13.8. The summed E-state index contributed by atoms with van der Waals surface area (Å²) in [5.41, 5.74) is 1.22. The third kappa shape index (κ3) is 3.06. The minimum Gasteiger partial charge on any atom is -0.410 e. The van der Waals surface area contributed by atoms with Gasteiger partial charge in [-0.25, -0.2) is 4.79 Å². The van der Waals surface area contributed by atoms with Gasteiger partial charge in [-0.05, 0) is 56.4 Å². The van der Waals surface area contributed by atoms with Crippen molar-refractivity contribution in [3.8, 4) is 5.75 Å². The van der Waals surface area contributed by atoms with Crippen molar-refractivity contribution in [1.29, 1.82) is 0 Å². The normalized spacial score (nSPS) is 19.2. The number of likely N-dealkylation sites (tertiary alicyclic amines) is 1. The van der Waals surface area contributed by atoms with Gasteiger partial charge in [-0.1, -0.05) is 0 Å². The zero-order valence-electron chi connectivity index (χ0n) is 11.9. The van der Waals surface area contributed by atoms with Gasteiger partial charge >= 0.3 is 6.09 Å². The number of ether oxygens (including phenoxy) is 1. The average Bonchev–Trinajstić information content (AvgIpc) is 3.03. The van der Waals surface area contributed by atoms with E-state index in [9.17, 15) is 4.79 Å². The van der Waals surface area contributed by atoms with E-state index in [2.05, 4.69) is 4.90 Å². The van der Waals surface area contributed by atoms with Crippen LogP contribution in [0.2, 0.25) is 0 Å². The van der Waals surface area contributed by atoms with E-state index in [4.69, 9.17) is 4.74 Å². The Hall–Kier alpha value is -1.71. The van der Waals surface area contributed by atoms with Gasteiger partial charge in [0.25, 0.3) is 0 Å². The largest absolute Gasteiger partial charge is 0.415 e. The predicted octanol–water partition coefficient (Wildman–Crippen LogP) is 3.27. The summed E-state index contributed by atoms with van der Waals surface area (Å²) in [6.07, 6.45) is 5.72. The molecule has 0 bridgehead atoms. The first-order chi connectivity index (χ1) is 9.83. The lowest BCUT2D eigenvalue weighted by molar-refractivity contribution is 0.142. The second kappa shape index (κ2) is 6.16. The Morgan fingerprint density at radius 3 is 2.10 bits per heavy atom. The molecule has 0 saturated carbocycles. The first kappa shape index (κ1) is 13.3. The fraction of sp³-hybridized carbons (Fsp3) is 0.562. The molecular weight excluding hydrogens is 252 g/mol. The van der Waals surface area contributed by atoms with Gasteiger partial charge in [-0.2, -0.15) is 0 Å². The molecule has 2 aliphatic rings. The van der Waals surface area contributed by atoms with E-state index in [1.54, 1.807) is 4.90 Å². The summed E-state index contributed by atoms with van der Waals surface area (Å²) in [5.74, 6) is 0.642. The first-order valence-corrected chi connectivity index (χ1v) is 7.65. The Morgan fingerprint density at radius 2 is 1.45 bits per heavy atom. The zero-order valence-corrected chi connectivity index (χ0v) is 11.9. The number of amides is 1. The summed E-state index contributed by atoms with van der Waals surface area (Å²) in [6.45, 7) is 3.91.